The number of aromatic nitrogens is 3. The van der Waals surface area contributed by atoms with Crippen LogP contribution in [0.3, 0.4) is 0 Å². The number of aromatic hydroxyl groups is 1. The molecule has 32 heavy (non-hydrogen) atoms. The number of carboxylic acids is 1. The molecule has 0 saturated carbocycles. The lowest BCUT2D eigenvalue weighted by Gasteiger charge is -2.11. The maximum atomic E-state index is 10.7. The number of carboxylic acid groups (broad SMARTS) is 1. The number of aliphatic carboxylic acids is 1. The van der Waals surface area contributed by atoms with Crippen molar-refractivity contribution in [3.8, 4) is 34.3 Å². The molecule has 166 valence electrons. The van der Waals surface area contributed by atoms with Gasteiger partial charge in [-0.2, -0.15) is 4.98 Å². The molecule has 2 aromatic heterocycles. The van der Waals surface area contributed by atoms with Gasteiger partial charge in [0.25, 0.3) is 5.89 Å². The van der Waals surface area contributed by atoms with E-state index in [1.54, 1.807) is 18.2 Å². The standard InChI is InChI=1S/C24H25N3O5/c1-15(2)31-21-9-7-18(14-20(21)28)24-25-23(26-32-24)17-6-8-19-16(13-17)10-12-27(19)11-4-3-5-22(29)30/h6-10,12-15,28H,3-5,11H2,1-2H3,(H,29,30). The van der Waals surface area contributed by atoms with Gasteiger partial charge in [-0.15, -0.1) is 0 Å². The molecule has 4 rings (SSSR count). The summed E-state index contributed by atoms with van der Waals surface area (Å²) in [5.41, 5.74) is 2.49. The summed E-state index contributed by atoms with van der Waals surface area (Å²) in [5, 5.41) is 24.1. The SMILES string of the molecule is CC(C)Oc1ccc(-c2nc(-c3ccc4c(ccn4CCCCC(=O)O)c3)no2)cc1O. The van der Waals surface area contributed by atoms with Gasteiger partial charge in [0.15, 0.2) is 11.5 Å². The Morgan fingerprint density at radius 2 is 1.94 bits per heavy atom. The van der Waals surface area contributed by atoms with E-state index < -0.39 is 5.97 Å². The molecule has 0 unspecified atom stereocenters. The third-order valence-electron chi connectivity index (χ3n) is 5.06. The number of benzene rings is 2. The first-order valence-electron chi connectivity index (χ1n) is 10.6. The van der Waals surface area contributed by atoms with Crippen LogP contribution in [0.2, 0.25) is 0 Å². The lowest BCUT2D eigenvalue weighted by Crippen LogP contribution is -2.05. The van der Waals surface area contributed by atoms with Crippen LogP contribution in [0.5, 0.6) is 11.5 Å². The van der Waals surface area contributed by atoms with Gasteiger partial charge >= 0.3 is 5.97 Å². The second-order valence-corrected chi connectivity index (χ2v) is 7.91. The van der Waals surface area contributed by atoms with Crippen molar-refractivity contribution in [1.29, 1.82) is 0 Å². The molecule has 2 aromatic carbocycles. The first-order chi connectivity index (χ1) is 15.4. The minimum absolute atomic E-state index is 0.0158. The number of carbonyl (C=O) groups is 1. The summed E-state index contributed by atoms with van der Waals surface area (Å²) in [6, 6.07) is 12.9. The zero-order chi connectivity index (χ0) is 22.7. The van der Waals surface area contributed by atoms with E-state index in [0.29, 0.717) is 29.4 Å². The average molecular weight is 435 g/mol. The molecule has 2 N–H and O–H groups in total. The quantitative estimate of drug-likeness (QED) is 0.352. The van der Waals surface area contributed by atoms with Crippen molar-refractivity contribution in [2.24, 2.45) is 0 Å². The molecule has 0 amide bonds. The lowest BCUT2D eigenvalue weighted by atomic mass is 10.1. The van der Waals surface area contributed by atoms with Gasteiger partial charge in [-0.05, 0) is 69.2 Å². The molecule has 8 nitrogen and oxygen atoms in total. The minimum Gasteiger partial charge on any atom is -0.504 e. The van der Waals surface area contributed by atoms with Crippen LogP contribution >= 0.6 is 0 Å². The van der Waals surface area contributed by atoms with Crippen molar-refractivity contribution in [2.75, 3.05) is 0 Å². The Hall–Kier alpha value is -3.81. The number of nitrogens with zero attached hydrogens (tertiary/aromatic N) is 3. The highest BCUT2D eigenvalue weighted by molar-refractivity contribution is 5.84. The van der Waals surface area contributed by atoms with Crippen molar-refractivity contribution < 1.29 is 24.3 Å². The van der Waals surface area contributed by atoms with Gasteiger partial charge in [0.2, 0.25) is 5.82 Å². The zero-order valence-electron chi connectivity index (χ0n) is 18.0. The van der Waals surface area contributed by atoms with Crippen LogP contribution in [0.4, 0.5) is 0 Å². The molecule has 4 aromatic rings. The Morgan fingerprint density at radius 1 is 1.12 bits per heavy atom. The Balaban J connectivity index is 1.51. The number of hydrogen-bond donors (Lipinski definition) is 2. The molecule has 0 bridgehead atoms. The zero-order valence-corrected chi connectivity index (χ0v) is 18.0. The fourth-order valence-electron chi connectivity index (χ4n) is 3.55. The summed E-state index contributed by atoms with van der Waals surface area (Å²) >= 11 is 0. The summed E-state index contributed by atoms with van der Waals surface area (Å²) in [4.78, 5) is 15.1. The first kappa shape index (κ1) is 21.4. The molecule has 0 saturated heterocycles. The molecule has 0 aliphatic rings. The second-order valence-electron chi connectivity index (χ2n) is 7.91. The maximum Gasteiger partial charge on any atom is 0.303 e. The van der Waals surface area contributed by atoms with Crippen LogP contribution in [-0.2, 0) is 11.3 Å². The van der Waals surface area contributed by atoms with E-state index >= 15 is 0 Å². The van der Waals surface area contributed by atoms with E-state index in [4.69, 9.17) is 14.4 Å². The lowest BCUT2D eigenvalue weighted by molar-refractivity contribution is -0.137. The van der Waals surface area contributed by atoms with E-state index in [1.807, 2.05) is 44.3 Å². The molecular weight excluding hydrogens is 410 g/mol. The van der Waals surface area contributed by atoms with E-state index in [1.165, 1.54) is 0 Å². The number of unbranched alkanes of at least 4 members (excludes halogenated alkanes) is 1. The third-order valence-corrected chi connectivity index (χ3v) is 5.06. The molecule has 0 radical (unpaired) electrons. The minimum atomic E-state index is -0.762. The van der Waals surface area contributed by atoms with Gasteiger partial charge < -0.3 is 24.0 Å². The molecule has 0 fully saturated rings. The maximum absolute atomic E-state index is 10.7. The fraction of sp³-hybridized carbons (Fsp3) is 0.292. The van der Waals surface area contributed by atoms with Gasteiger partial charge in [-0.3, -0.25) is 4.79 Å². The third kappa shape index (κ3) is 4.74. The highest BCUT2D eigenvalue weighted by atomic mass is 16.5. The first-order valence-corrected chi connectivity index (χ1v) is 10.6. The molecule has 2 heterocycles. The number of phenolic OH excluding ortho intramolecular Hbond substituents is 1. The summed E-state index contributed by atoms with van der Waals surface area (Å²) in [5.74, 6) is 0.422. The van der Waals surface area contributed by atoms with Gasteiger partial charge in [-0.25, -0.2) is 0 Å². The molecule has 0 aliphatic carbocycles. The number of ether oxygens (including phenoxy) is 1. The Morgan fingerprint density at radius 3 is 2.69 bits per heavy atom. The van der Waals surface area contributed by atoms with Gasteiger partial charge in [0.05, 0.1) is 6.10 Å². The van der Waals surface area contributed by atoms with E-state index in [-0.39, 0.29) is 18.3 Å². The Bertz CT molecular complexity index is 1240. The summed E-state index contributed by atoms with van der Waals surface area (Å²) in [7, 11) is 0. The van der Waals surface area contributed by atoms with E-state index in [0.717, 1.165) is 29.4 Å². The molecule has 0 atom stereocenters. The van der Waals surface area contributed by atoms with Gasteiger partial charge in [0, 0.05) is 41.2 Å². The average Bonchev–Trinajstić information content (AvgIpc) is 3.39. The number of aryl methyl sites for hydroxylation is 1. The number of fused-ring (bicyclic) bond motifs is 1. The summed E-state index contributed by atoms with van der Waals surface area (Å²) in [6.45, 7) is 4.55. The van der Waals surface area contributed by atoms with Crippen molar-refractivity contribution in [1.82, 2.24) is 14.7 Å². The number of phenols is 1. The van der Waals surface area contributed by atoms with Crippen molar-refractivity contribution in [2.45, 2.75) is 45.8 Å². The Labute approximate surface area is 185 Å². The fourth-order valence-corrected chi connectivity index (χ4v) is 3.55. The van der Waals surface area contributed by atoms with Crippen LogP contribution in [-0.4, -0.2) is 37.0 Å². The highest BCUT2D eigenvalue weighted by Crippen LogP contribution is 2.32. The van der Waals surface area contributed by atoms with E-state index in [2.05, 4.69) is 14.7 Å². The van der Waals surface area contributed by atoms with Crippen LogP contribution in [0.15, 0.2) is 53.2 Å². The van der Waals surface area contributed by atoms with Gasteiger partial charge in [0.1, 0.15) is 0 Å². The topological polar surface area (TPSA) is 111 Å². The smallest absolute Gasteiger partial charge is 0.303 e. The summed E-state index contributed by atoms with van der Waals surface area (Å²) in [6.07, 6.45) is 3.60. The predicted molar refractivity (Wildman–Crippen MR) is 120 cm³/mol. The molecule has 0 aliphatic heterocycles. The monoisotopic (exact) mass is 435 g/mol. The number of hydrogen-bond acceptors (Lipinski definition) is 6. The van der Waals surface area contributed by atoms with Crippen LogP contribution < -0.4 is 4.74 Å². The predicted octanol–water partition coefficient (Wildman–Crippen LogP) is 5.11. The normalized spacial score (nSPS) is 11.3. The van der Waals surface area contributed by atoms with Crippen LogP contribution in [0.1, 0.15) is 33.1 Å². The summed E-state index contributed by atoms with van der Waals surface area (Å²) < 4.78 is 13.1. The highest BCUT2D eigenvalue weighted by Gasteiger charge is 2.14. The van der Waals surface area contributed by atoms with E-state index in [9.17, 15) is 9.90 Å². The Kier molecular flexibility index (Phi) is 6.11. The van der Waals surface area contributed by atoms with Crippen molar-refractivity contribution in [3.05, 3.63) is 48.7 Å². The molecule has 8 heteroatoms. The van der Waals surface area contributed by atoms with Crippen molar-refractivity contribution >= 4 is 16.9 Å². The number of rotatable bonds is 9. The molecular formula is C24H25N3O5. The largest absolute Gasteiger partial charge is 0.504 e. The van der Waals surface area contributed by atoms with Gasteiger partial charge in [-0.1, -0.05) is 5.16 Å². The molecule has 0 spiro atoms. The van der Waals surface area contributed by atoms with Crippen LogP contribution in [0.25, 0.3) is 33.7 Å². The van der Waals surface area contributed by atoms with Crippen molar-refractivity contribution in [3.63, 3.8) is 0 Å². The van der Waals surface area contributed by atoms with Crippen LogP contribution in [0, 0.1) is 0 Å². The second kappa shape index (κ2) is 9.13.